The summed E-state index contributed by atoms with van der Waals surface area (Å²) in [5.41, 5.74) is -1.12. The van der Waals surface area contributed by atoms with Crippen molar-refractivity contribution in [1.82, 2.24) is 19.6 Å². The minimum atomic E-state index is -0.740. The lowest BCUT2D eigenvalue weighted by atomic mass is 9.75. The molecule has 4 amide bonds. The average Bonchev–Trinajstić information content (AvgIpc) is 1.53. The highest BCUT2D eigenvalue weighted by Gasteiger charge is 2.71. The van der Waals surface area contributed by atoms with Crippen LogP contribution in [0.15, 0.2) is 4.99 Å². The van der Waals surface area contributed by atoms with Crippen molar-refractivity contribution in [1.29, 1.82) is 0 Å². The number of hydrogen-bond donors (Lipinski definition) is 0. The Bertz CT molecular complexity index is 3330. The lowest BCUT2D eigenvalue weighted by molar-refractivity contribution is -0.160. The fraction of sp³-hybridized carbons (Fsp3) is 0.852. The fourth-order valence-corrected chi connectivity index (χ4v) is 18.2. The Morgan fingerprint density at radius 1 is 0.523 bits per heavy atom. The maximum absolute atomic E-state index is 14.5. The zero-order valence-electron chi connectivity index (χ0n) is 70.0. The molecule has 6 heterocycles. The number of ketones is 7. The molecular formula is C88H139N5O16. The van der Waals surface area contributed by atoms with E-state index in [1.807, 2.05) is 30.6 Å². The van der Waals surface area contributed by atoms with E-state index in [9.17, 15) is 62.3 Å². The van der Waals surface area contributed by atoms with Crippen LogP contribution in [0.3, 0.4) is 0 Å². The fourth-order valence-electron chi connectivity index (χ4n) is 18.2. The molecule has 4 saturated carbocycles. The van der Waals surface area contributed by atoms with Crippen molar-refractivity contribution >= 4 is 76.2 Å². The summed E-state index contributed by atoms with van der Waals surface area (Å²) in [4.78, 5) is 182. The van der Waals surface area contributed by atoms with Gasteiger partial charge < -0.3 is 33.8 Å². The number of fused-ring (bicyclic) bond motifs is 6. The summed E-state index contributed by atoms with van der Waals surface area (Å²) in [5.74, 6) is -4.16. The van der Waals surface area contributed by atoms with Crippen LogP contribution >= 0.6 is 0 Å². The Morgan fingerprint density at radius 2 is 0.927 bits per heavy atom. The molecule has 10 rings (SSSR count). The zero-order valence-corrected chi connectivity index (χ0v) is 70.0. The molecule has 21 nitrogen and oxygen atoms in total. The van der Waals surface area contributed by atoms with Crippen LogP contribution in [0, 0.1) is 97.6 Å². The van der Waals surface area contributed by atoms with Crippen LogP contribution < -0.4 is 0 Å². The largest absolute Gasteiger partial charge is 0.460 e. The summed E-state index contributed by atoms with van der Waals surface area (Å²) in [5, 5.41) is 0. The van der Waals surface area contributed by atoms with E-state index >= 15 is 0 Å². The molecule has 10 aliphatic rings. The van der Waals surface area contributed by atoms with Crippen molar-refractivity contribution in [2.45, 2.75) is 315 Å². The van der Waals surface area contributed by atoms with Crippen LogP contribution in [-0.4, -0.2) is 185 Å². The molecule has 12 atom stereocenters. The van der Waals surface area contributed by atoms with Gasteiger partial charge in [0.1, 0.15) is 11.4 Å². The zero-order chi connectivity index (χ0) is 80.5. The van der Waals surface area contributed by atoms with E-state index in [1.54, 1.807) is 36.7 Å². The Balaban J connectivity index is 0.000000228. The second-order valence-electron chi connectivity index (χ2n) is 40.8. The van der Waals surface area contributed by atoms with Gasteiger partial charge in [-0.25, -0.2) is 9.79 Å². The minimum absolute atomic E-state index is 0.000324. The van der Waals surface area contributed by atoms with Crippen molar-refractivity contribution in [3.05, 3.63) is 0 Å². The van der Waals surface area contributed by atoms with Crippen LogP contribution in [0.5, 0.6) is 0 Å². The van der Waals surface area contributed by atoms with E-state index in [-0.39, 0.29) is 172 Å². The van der Waals surface area contributed by atoms with Crippen molar-refractivity contribution in [3.8, 4) is 0 Å². The van der Waals surface area contributed by atoms with Crippen LogP contribution in [0.1, 0.15) is 291 Å². The van der Waals surface area contributed by atoms with Gasteiger partial charge in [0.15, 0.2) is 23.1 Å². The molecule has 6 aliphatic heterocycles. The molecule has 0 N–H and O–H groups in total. The highest BCUT2D eigenvalue weighted by Crippen LogP contribution is 2.66. The number of amides is 4. The number of carbonyl (C=O) groups is 12. The summed E-state index contributed by atoms with van der Waals surface area (Å²) in [6, 6.07) is -1.48. The topological polar surface area (TPSA) is 275 Å². The predicted octanol–water partition coefficient (Wildman–Crippen LogP) is 13.7. The maximum atomic E-state index is 14.5. The number of piperidine rings is 4. The van der Waals surface area contributed by atoms with Gasteiger partial charge in [-0.1, -0.05) is 148 Å². The molecule has 0 bridgehead atoms. The Morgan fingerprint density at radius 3 is 1.31 bits per heavy atom. The number of likely N-dealkylation sites (tertiary alicyclic amines) is 2. The molecule has 0 aromatic heterocycles. The summed E-state index contributed by atoms with van der Waals surface area (Å²) < 4.78 is 17.5. The Kier molecular flexibility index (Phi) is 30.2. The van der Waals surface area contributed by atoms with Gasteiger partial charge in [-0.2, -0.15) is 0 Å². The van der Waals surface area contributed by atoms with E-state index in [0.29, 0.717) is 89.9 Å². The van der Waals surface area contributed by atoms with E-state index in [0.717, 1.165) is 109 Å². The number of carbonyl (C=O) groups excluding carboxylic acids is 13. The summed E-state index contributed by atoms with van der Waals surface area (Å²) in [6.45, 7) is 39.4. The molecule has 612 valence electrons. The van der Waals surface area contributed by atoms with Gasteiger partial charge in [0, 0.05) is 116 Å². The molecule has 0 aromatic carbocycles. The molecule has 21 heteroatoms. The normalized spacial score (nSPS) is 29.7. The van der Waals surface area contributed by atoms with Gasteiger partial charge in [-0.3, -0.25) is 57.5 Å². The first-order valence-electron chi connectivity index (χ1n) is 42.2. The molecule has 4 aliphatic carbocycles. The van der Waals surface area contributed by atoms with Crippen LogP contribution in [0.25, 0.3) is 0 Å². The molecule has 0 unspecified atom stereocenters. The van der Waals surface area contributed by atoms with Crippen LogP contribution in [0.2, 0.25) is 0 Å². The number of isocyanates is 1. The predicted molar refractivity (Wildman–Crippen MR) is 416 cm³/mol. The molecule has 10 fully saturated rings. The highest BCUT2D eigenvalue weighted by atomic mass is 16.6. The second kappa shape index (κ2) is 37.1. The number of Topliss-reactive ketones (excluding diaryl/α,β-unsaturated/α-hetero) is 7. The van der Waals surface area contributed by atoms with Crippen molar-refractivity contribution < 1.29 is 76.5 Å². The van der Waals surface area contributed by atoms with E-state index < -0.39 is 58.9 Å². The van der Waals surface area contributed by atoms with Crippen LogP contribution in [-0.2, 0) is 76.5 Å². The van der Waals surface area contributed by atoms with E-state index in [2.05, 4.69) is 81.2 Å². The lowest BCUT2D eigenvalue weighted by Crippen LogP contribution is -2.49. The lowest BCUT2D eigenvalue weighted by Gasteiger charge is -2.41. The number of hydrogen-bond acceptors (Lipinski definition) is 17. The number of nitrogens with zero attached hydrogens (tertiary/aromatic N) is 5. The first-order chi connectivity index (χ1) is 50.8. The highest BCUT2D eigenvalue weighted by molar-refractivity contribution is 6.39. The quantitative estimate of drug-likeness (QED) is 0.0503. The van der Waals surface area contributed by atoms with Gasteiger partial charge in [-0.05, 0) is 159 Å². The van der Waals surface area contributed by atoms with Gasteiger partial charge in [0.2, 0.25) is 41.3 Å². The van der Waals surface area contributed by atoms with Gasteiger partial charge in [-0.15, -0.1) is 0 Å². The second-order valence-corrected chi connectivity index (χ2v) is 40.8. The number of aliphatic imine (C=N–C) groups is 1. The standard InChI is InChI=1S/C42H66N2O7.C32H49NO7.C14H24N2O2/c1-40(2,3)30(24-43-17-16-41(4,5)23-35(43)48)22-31(45)20-29-26-51-18-12-10-8-9-11-13-28(38(49)34(47)19-27-14-15-27)21-33(46)37-36-32(42(36,6)7)25-44(37)39(29)50;1-31(2,3)40-26(36)17-22-19-39-14-10-8-6-7-9-11-21(29(37)25(35)15-20-12-13-20)16-24(34)28-27-23(32(27,4)5)18-33(28)30(22)38;1-13(2,3)11(15-10-17)9-16-7-6-14(4,5)8-12(16)18/h27-30,32,36-37H,8-26H2,1-7H3;20-23,27-28H,6-19H2,1-5H3;11H,6-9H2,1-5H3/t28-,29+,30-,32+,36+,37-;21-,22+,23+,27+,28-;11-/m111/s1. The molecular weight excluding hydrogens is 1380 g/mol. The third-order valence-corrected chi connectivity index (χ3v) is 26.3. The Hall–Kier alpha value is -5.66. The van der Waals surface area contributed by atoms with Crippen molar-refractivity contribution in [2.75, 3.05) is 65.7 Å². The third-order valence-electron chi connectivity index (χ3n) is 26.3. The number of esters is 1. The average molecular weight is 1520 g/mol. The monoisotopic (exact) mass is 1520 g/mol. The van der Waals surface area contributed by atoms with E-state index in [4.69, 9.17) is 14.2 Å². The van der Waals surface area contributed by atoms with Crippen LogP contribution in [0.4, 0.5) is 0 Å². The third kappa shape index (κ3) is 25.2. The SMILES string of the molecule is CC(C)(C)OC(=O)C[C@H]1COCCCCCCC[C@@H](C(=O)C(=O)CC2CC2)CC(=O)[C@@H]2[C@@H]3[C@H](CN2C1=O)C3(C)C.CC1(C)CCN(C[C@@H](CC(=O)C[C@H]2COCCCCCCC[C@@H](C(=O)C(=O)CC3CC3)CC(=O)[C@@H]3[C@@H]4[C@H](CN3C2=O)C4(C)C)C(C)(C)C)C(=O)C1.CC1(C)CCN(C[C@@H](N=C=O)C(C)(C)C)C(=O)C1. The smallest absolute Gasteiger partial charge is 0.307 e. The summed E-state index contributed by atoms with van der Waals surface area (Å²) in [6.07, 6.45) is 19.4. The molecule has 0 aromatic rings. The maximum Gasteiger partial charge on any atom is 0.307 e. The van der Waals surface area contributed by atoms with Gasteiger partial charge >= 0.3 is 5.97 Å². The van der Waals surface area contributed by atoms with Crippen molar-refractivity contribution in [3.63, 3.8) is 0 Å². The molecule has 6 saturated heterocycles. The minimum Gasteiger partial charge on any atom is -0.460 e. The number of rotatable bonds is 19. The Labute approximate surface area is 652 Å². The van der Waals surface area contributed by atoms with Gasteiger partial charge in [0.25, 0.3) is 0 Å². The molecule has 0 radical (unpaired) electrons. The summed E-state index contributed by atoms with van der Waals surface area (Å²) >= 11 is 0. The molecule has 109 heavy (non-hydrogen) atoms. The van der Waals surface area contributed by atoms with Gasteiger partial charge in [0.05, 0.1) is 49.6 Å². The molecule has 0 spiro atoms. The summed E-state index contributed by atoms with van der Waals surface area (Å²) in [7, 11) is 0. The van der Waals surface area contributed by atoms with E-state index in [1.165, 1.54) is 0 Å². The first-order valence-corrected chi connectivity index (χ1v) is 42.2. The first kappa shape index (κ1) is 88.9. The number of ether oxygens (including phenoxy) is 3. The van der Waals surface area contributed by atoms with Crippen molar-refractivity contribution in [2.24, 2.45) is 103 Å².